The summed E-state index contributed by atoms with van der Waals surface area (Å²) < 4.78 is 0. The van der Waals surface area contributed by atoms with E-state index in [2.05, 4.69) is 10.3 Å². The van der Waals surface area contributed by atoms with Gasteiger partial charge in [0.2, 0.25) is 0 Å². The van der Waals surface area contributed by atoms with Gasteiger partial charge in [-0.25, -0.2) is 0 Å². The van der Waals surface area contributed by atoms with Crippen LogP contribution in [0, 0.1) is 5.41 Å². The molecule has 0 bridgehead atoms. The molecule has 1 aliphatic rings. The van der Waals surface area contributed by atoms with Crippen molar-refractivity contribution >= 4 is 12.2 Å². The van der Waals surface area contributed by atoms with Gasteiger partial charge in [0.15, 0.2) is 6.29 Å². The van der Waals surface area contributed by atoms with Gasteiger partial charge in [-0.2, -0.15) is 0 Å². The van der Waals surface area contributed by atoms with Gasteiger partial charge in [0.25, 0.3) is 5.91 Å². The van der Waals surface area contributed by atoms with Gasteiger partial charge in [-0.3, -0.25) is 9.59 Å². The molecule has 1 heterocycles. The first-order valence-corrected chi connectivity index (χ1v) is 6.15. The molecule has 0 aromatic carbocycles. The number of amides is 1. The number of aromatic amines is 1. The molecule has 1 aliphatic carbocycles. The minimum Gasteiger partial charge on any atom is -0.396 e. The average Bonchev–Trinajstić information content (AvgIpc) is 2.97. The van der Waals surface area contributed by atoms with Gasteiger partial charge in [0.1, 0.15) is 5.69 Å². The molecule has 98 valence electrons. The van der Waals surface area contributed by atoms with E-state index in [-0.39, 0.29) is 24.0 Å². The Morgan fingerprint density at radius 2 is 2.44 bits per heavy atom. The highest BCUT2D eigenvalue weighted by Crippen LogP contribution is 2.37. The first kappa shape index (κ1) is 12.8. The predicted molar refractivity (Wildman–Crippen MR) is 66.5 cm³/mol. The van der Waals surface area contributed by atoms with Crippen LogP contribution in [0.15, 0.2) is 12.1 Å². The van der Waals surface area contributed by atoms with Crippen LogP contribution in [0.3, 0.4) is 0 Å². The molecule has 1 amide bonds. The van der Waals surface area contributed by atoms with Gasteiger partial charge in [-0.1, -0.05) is 13.3 Å². The van der Waals surface area contributed by atoms with Crippen LogP contribution in [0.4, 0.5) is 0 Å². The molecule has 0 spiro atoms. The molecular weight excluding hydrogens is 232 g/mol. The summed E-state index contributed by atoms with van der Waals surface area (Å²) in [6, 6.07) is 3.14. The maximum Gasteiger partial charge on any atom is 0.267 e. The number of nitrogens with one attached hydrogen (secondary N) is 2. The van der Waals surface area contributed by atoms with Crippen molar-refractivity contribution in [3.8, 4) is 0 Å². The lowest BCUT2D eigenvalue weighted by molar-refractivity contribution is 0.0826. The number of aliphatic hydroxyl groups excluding tert-OH is 1. The van der Waals surface area contributed by atoms with Crippen molar-refractivity contribution in [2.24, 2.45) is 5.41 Å². The van der Waals surface area contributed by atoms with Crippen molar-refractivity contribution in [2.75, 3.05) is 6.61 Å². The number of H-pyrrole nitrogens is 1. The summed E-state index contributed by atoms with van der Waals surface area (Å²) in [6.45, 7) is 2.05. The first-order valence-electron chi connectivity index (χ1n) is 6.15. The number of carbonyl (C=O) groups is 2. The van der Waals surface area contributed by atoms with Crippen molar-refractivity contribution in [3.63, 3.8) is 0 Å². The summed E-state index contributed by atoms with van der Waals surface area (Å²) >= 11 is 0. The Hall–Kier alpha value is -1.62. The standard InChI is InChI=1S/C13H18N2O3/c1-13(8-17)6-2-3-11(13)15-12(18)10-5-4-9(7-16)14-10/h4-5,7,11,14,17H,2-3,6,8H2,1H3,(H,15,18). The summed E-state index contributed by atoms with van der Waals surface area (Å²) in [5.41, 5.74) is 0.524. The van der Waals surface area contributed by atoms with E-state index in [4.69, 9.17) is 0 Å². The number of carbonyl (C=O) groups excluding carboxylic acids is 2. The van der Waals surface area contributed by atoms with Crippen molar-refractivity contribution in [3.05, 3.63) is 23.5 Å². The Morgan fingerprint density at radius 3 is 3.06 bits per heavy atom. The maximum absolute atomic E-state index is 12.0. The summed E-state index contributed by atoms with van der Waals surface area (Å²) in [5, 5.41) is 12.3. The van der Waals surface area contributed by atoms with Gasteiger partial charge in [0.05, 0.1) is 12.3 Å². The highest BCUT2D eigenvalue weighted by atomic mass is 16.3. The number of rotatable bonds is 4. The number of aldehydes is 1. The zero-order valence-electron chi connectivity index (χ0n) is 10.4. The maximum atomic E-state index is 12.0. The molecule has 1 aromatic rings. The number of aromatic nitrogens is 1. The highest BCUT2D eigenvalue weighted by molar-refractivity contribution is 5.93. The fourth-order valence-electron chi connectivity index (χ4n) is 2.52. The highest BCUT2D eigenvalue weighted by Gasteiger charge is 2.39. The quantitative estimate of drug-likeness (QED) is 0.700. The van der Waals surface area contributed by atoms with Crippen LogP contribution in [-0.2, 0) is 0 Å². The topological polar surface area (TPSA) is 82.2 Å². The Kier molecular flexibility index (Phi) is 3.52. The minimum atomic E-state index is -0.240. The van der Waals surface area contributed by atoms with E-state index < -0.39 is 0 Å². The van der Waals surface area contributed by atoms with Gasteiger partial charge in [-0.15, -0.1) is 0 Å². The third kappa shape index (κ3) is 2.31. The van der Waals surface area contributed by atoms with Crippen molar-refractivity contribution in [2.45, 2.75) is 32.2 Å². The van der Waals surface area contributed by atoms with Crippen LogP contribution in [-0.4, -0.2) is 34.9 Å². The SMILES string of the molecule is CC1(CO)CCCC1NC(=O)c1ccc(C=O)[nH]1. The molecule has 2 atom stereocenters. The molecule has 0 saturated heterocycles. The molecule has 1 fully saturated rings. The Bertz CT molecular complexity index is 455. The van der Waals surface area contributed by atoms with Gasteiger partial charge in [-0.05, 0) is 25.0 Å². The van der Waals surface area contributed by atoms with Gasteiger partial charge < -0.3 is 15.4 Å². The molecule has 0 radical (unpaired) electrons. The third-order valence-electron chi connectivity index (χ3n) is 3.83. The van der Waals surface area contributed by atoms with Crippen LogP contribution < -0.4 is 5.32 Å². The lowest BCUT2D eigenvalue weighted by Gasteiger charge is -2.29. The van der Waals surface area contributed by atoms with Gasteiger partial charge >= 0.3 is 0 Å². The summed E-state index contributed by atoms with van der Waals surface area (Å²) in [7, 11) is 0. The largest absolute Gasteiger partial charge is 0.396 e. The van der Waals surface area contributed by atoms with Crippen LogP contribution in [0.25, 0.3) is 0 Å². The second kappa shape index (κ2) is 4.94. The zero-order chi connectivity index (χ0) is 13.2. The van der Waals surface area contributed by atoms with Crippen LogP contribution in [0.1, 0.15) is 47.2 Å². The monoisotopic (exact) mass is 250 g/mol. The smallest absolute Gasteiger partial charge is 0.267 e. The molecule has 1 aromatic heterocycles. The van der Waals surface area contributed by atoms with E-state index in [9.17, 15) is 14.7 Å². The molecule has 5 heteroatoms. The number of hydrogen-bond acceptors (Lipinski definition) is 3. The van der Waals surface area contributed by atoms with E-state index >= 15 is 0 Å². The predicted octanol–water partition coefficient (Wildman–Crippen LogP) is 1.11. The second-order valence-electron chi connectivity index (χ2n) is 5.18. The molecule has 3 N–H and O–H groups in total. The summed E-state index contributed by atoms with van der Waals surface area (Å²) in [6.07, 6.45) is 3.47. The van der Waals surface area contributed by atoms with E-state index in [0.29, 0.717) is 17.7 Å². The van der Waals surface area contributed by atoms with Gasteiger partial charge in [0, 0.05) is 11.5 Å². The molecule has 2 unspecified atom stereocenters. The third-order valence-corrected chi connectivity index (χ3v) is 3.83. The van der Waals surface area contributed by atoms with Crippen LogP contribution in [0.5, 0.6) is 0 Å². The minimum absolute atomic E-state index is 0.0158. The Labute approximate surface area is 106 Å². The fraction of sp³-hybridized carbons (Fsp3) is 0.538. The zero-order valence-corrected chi connectivity index (χ0v) is 10.4. The lowest BCUT2D eigenvalue weighted by atomic mass is 9.86. The number of aliphatic hydroxyl groups is 1. The van der Waals surface area contributed by atoms with Crippen molar-refractivity contribution < 1.29 is 14.7 Å². The molecule has 2 rings (SSSR count). The summed E-state index contributed by atoms with van der Waals surface area (Å²) in [4.78, 5) is 25.3. The second-order valence-corrected chi connectivity index (χ2v) is 5.18. The summed E-state index contributed by atoms with van der Waals surface area (Å²) in [5.74, 6) is -0.227. The normalized spacial score (nSPS) is 27.1. The van der Waals surface area contributed by atoms with Crippen LogP contribution >= 0.6 is 0 Å². The Morgan fingerprint density at radius 1 is 1.67 bits per heavy atom. The molecule has 1 saturated carbocycles. The molecule has 0 aliphatic heterocycles. The van der Waals surface area contributed by atoms with E-state index in [1.807, 2.05) is 6.92 Å². The molecular formula is C13H18N2O3. The van der Waals surface area contributed by atoms with E-state index in [1.165, 1.54) is 0 Å². The van der Waals surface area contributed by atoms with Crippen molar-refractivity contribution in [1.29, 1.82) is 0 Å². The average molecular weight is 250 g/mol. The number of hydrogen-bond donors (Lipinski definition) is 3. The van der Waals surface area contributed by atoms with E-state index in [1.54, 1.807) is 12.1 Å². The Balaban J connectivity index is 2.05. The molecule has 18 heavy (non-hydrogen) atoms. The first-order chi connectivity index (χ1) is 8.59. The van der Waals surface area contributed by atoms with Crippen LogP contribution in [0.2, 0.25) is 0 Å². The lowest BCUT2D eigenvalue weighted by Crippen LogP contribution is -2.44. The molecule has 5 nitrogen and oxygen atoms in total. The fourth-order valence-corrected chi connectivity index (χ4v) is 2.52. The van der Waals surface area contributed by atoms with Crippen molar-refractivity contribution in [1.82, 2.24) is 10.3 Å². The van der Waals surface area contributed by atoms with E-state index in [0.717, 1.165) is 19.3 Å².